The summed E-state index contributed by atoms with van der Waals surface area (Å²) in [5.41, 5.74) is 7.70. The van der Waals surface area contributed by atoms with Crippen LogP contribution in [-0.2, 0) is 6.61 Å². The molecule has 0 aliphatic rings. The molecule has 0 saturated carbocycles. The van der Waals surface area contributed by atoms with E-state index >= 15 is 0 Å². The molecule has 4 N–H and O–H groups in total. The van der Waals surface area contributed by atoms with E-state index in [1.807, 2.05) is 42.5 Å². The van der Waals surface area contributed by atoms with Crippen LogP contribution < -0.4 is 21.1 Å². The van der Waals surface area contributed by atoms with E-state index in [0.717, 1.165) is 42.3 Å². The molecule has 0 aliphatic heterocycles. The molecule has 0 saturated heterocycles. The van der Waals surface area contributed by atoms with Gasteiger partial charge in [-0.25, -0.2) is 0 Å². The van der Waals surface area contributed by atoms with Crippen molar-refractivity contribution in [2.24, 2.45) is 16.6 Å². The van der Waals surface area contributed by atoms with Crippen LogP contribution in [0.1, 0.15) is 32.3 Å². The van der Waals surface area contributed by atoms with Crippen molar-refractivity contribution in [2.75, 3.05) is 25.0 Å². The highest BCUT2D eigenvalue weighted by Gasteiger charge is 2.02. The molecule has 0 fully saturated rings. The normalized spacial score (nSPS) is 11.5. The fourth-order valence-corrected chi connectivity index (χ4v) is 2.41. The Balaban J connectivity index is 1.88. The van der Waals surface area contributed by atoms with Gasteiger partial charge in [0.25, 0.3) is 0 Å². The Bertz CT molecular complexity index is 668. The van der Waals surface area contributed by atoms with E-state index in [2.05, 4.69) is 41.6 Å². The predicted molar refractivity (Wildman–Crippen MR) is 114 cm³/mol. The lowest BCUT2D eigenvalue weighted by Gasteiger charge is -2.14. The van der Waals surface area contributed by atoms with Crippen LogP contribution in [0.25, 0.3) is 0 Å². The predicted octanol–water partition coefficient (Wildman–Crippen LogP) is 4.02. The molecule has 0 aliphatic carbocycles. The molecule has 146 valence electrons. The molecule has 2 rings (SSSR count). The van der Waals surface area contributed by atoms with E-state index in [-0.39, 0.29) is 0 Å². The monoisotopic (exact) mass is 368 g/mol. The van der Waals surface area contributed by atoms with Gasteiger partial charge in [0.2, 0.25) is 0 Å². The van der Waals surface area contributed by atoms with Crippen molar-refractivity contribution in [3.8, 4) is 5.75 Å². The average Bonchev–Trinajstić information content (AvgIpc) is 2.68. The maximum Gasteiger partial charge on any atom is 0.195 e. The zero-order valence-corrected chi connectivity index (χ0v) is 16.4. The van der Waals surface area contributed by atoms with Crippen LogP contribution in [0.15, 0.2) is 59.6 Å². The van der Waals surface area contributed by atoms with E-state index in [1.165, 1.54) is 0 Å². The van der Waals surface area contributed by atoms with E-state index < -0.39 is 0 Å². The summed E-state index contributed by atoms with van der Waals surface area (Å²) >= 11 is 0. The summed E-state index contributed by atoms with van der Waals surface area (Å²) in [5.74, 6) is 2.30. The Hall–Kier alpha value is -2.53. The number of aliphatic imine (C=N–C) groups is 1. The number of hydrogen-bond donors (Lipinski definition) is 3. The van der Waals surface area contributed by atoms with Crippen LogP contribution in [0.5, 0.6) is 5.75 Å². The van der Waals surface area contributed by atoms with Gasteiger partial charge in [-0.2, -0.15) is 0 Å². The molecule has 0 amide bonds. The number of benzene rings is 2. The van der Waals surface area contributed by atoms with Crippen molar-refractivity contribution >= 4 is 11.6 Å². The molecular weight excluding hydrogens is 336 g/mol. The summed E-state index contributed by atoms with van der Waals surface area (Å²) in [5, 5.41) is 6.74. The second-order valence-corrected chi connectivity index (χ2v) is 6.91. The maximum absolute atomic E-state index is 5.84. The molecular formula is C22H32N4O. The number of rotatable bonds is 10. The van der Waals surface area contributed by atoms with Gasteiger partial charge in [0.05, 0.1) is 0 Å². The quantitative estimate of drug-likeness (QED) is 0.336. The average molecular weight is 369 g/mol. The van der Waals surface area contributed by atoms with Gasteiger partial charge in [-0.05, 0) is 55.1 Å². The molecule has 0 aromatic heterocycles. The first-order valence-electron chi connectivity index (χ1n) is 9.69. The number of nitrogens with one attached hydrogen (secondary N) is 2. The molecule has 0 spiro atoms. The SMILES string of the molecule is CC(C)CCNC(=NCCCN)Nc1ccc(OCc2ccccc2)cc1. The van der Waals surface area contributed by atoms with Crippen LogP contribution >= 0.6 is 0 Å². The lowest BCUT2D eigenvalue weighted by molar-refractivity contribution is 0.306. The van der Waals surface area contributed by atoms with Crippen molar-refractivity contribution in [1.29, 1.82) is 0 Å². The van der Waals surface area contributed by atoms with Gasteiger partial charge in [0, 0.05) is 18.8 Å². The minimum absolute atomic E-state index is 0.566. The highest BCUT2D eigenvalue weighted by molar-refractivity contribution is 5.93. The first-order valence-corrected chi connectivity index (χ1v) is 9.69. The molecule has 2 aromatic rings. The summed E-state index contributed by atoms with van der Waals surface area (Å²) in [6, 6.07) is 18.1. The molecule has 5 heteroatoms. The van der Waals surface area contributed by atoms with Gasteiger partial charge in [0.1, 0.15) is 12.4 Å². The molecule has 5 nitrogen and oxygen atoms in total. The minimum atomic E-state index is 0.566. The van der Waals surface area contributed by atoms with Crippen LogP contribution in [0.4, 0.5) is 5.69 Å². The number of nitrogens with two attached hydrogens (primary N) is 1. The number of ether oxygens (including phenoxy) is 1. The lowest BCUT2D eigenvalue weighted by atomic mass is 10.1. The van der Waals surface area contributed by atoms with E-state index in [1.54, 1.807) is 0 Å². The smallest absolute Gasteiger partial charge is 0.195 e. The second kappa shape index (κ2) is 12.0. The molecule has 0 radical (unpaired) electrons. The third kappa shape index (κ3) is 8.60. The van der Waals surface area contributed by atoms with Gasteiger partial charge < -0.3 is 21.1 Å². The molecule has 2 aromatic carbocycles. The van der Waals surface area contributed by atoms with Crippen LogP contribution in [0, 0.1) is 5.92 Å². The fraction of sp³-hybridized carbons (Fsp3) is 0.409. The van der Waals surface area contributed by atoms with Gasteiger partial charge >= 0.3 is 0 Å². The molecule has 27 heavy (non-hydrogen) atoms. The zero-order chi connectivity index (χ0) is 19.3. The van der Waals surface area contributed by atoms with Crippen molar-refractivity contribution in [2.45, 2.75) is 33.3 Å². The van der Waals surface area contributed by atoms with E-state index in [4.69, 9.17) is 10.5 Å². The Kier molecular flexibility index (Phi) is 9.21. The number of nitrogens with zero attached hydrogens (tertiary/aromatic N) is 1. The fourth-order valence-electron chi connectivity index (χ4n) is 2.41. The third-order valence-corrected chi connectivity index (χ3v) is 4.01. The van der Waals surface area contributed by atoms with Crippen molar-refractivity contribution in [1.82, 2.24) is 5.32 Å². The summed E-state index contributed by atoms with van der Waals surface area (Å²) in [6.45, 7) is 7.26. The van der Waals surface area contributed by atoms with Crippen molar-refractivity contribution in [3.63, 3.8) is 0 Å². The van der Waals surface area contributed by atoms with Crippen LogP contribution in [0.2, 0.25) is 0 Å². The van der Waals surface area contributed by atoms with Crippen LogP contribution in [0.3, 0.4) is 0 Å². The Morgan fingerprint density at radius 2 is 1.81 bits per heavy atom. The molecule has 0 atom stereocenters. The summed E-state index contributed by atoms with van der Waals surface area (Å²) < 4.78 is 5.84. The Labute approximate surface area is 163 Å². The summed E-state index contributed by atoms with van der Waals surface area (Å²) in [4.78, 5) is 4.59. The van der Waals surface area contributed by atoms with E-state index in [0.29, 0.717) is 25.6 Å². The number of hydrogen-bond acceptors (Lipinski definition) is 3. The second-order valence-electron chi connectivity index (χ2n) is 6.91. The van der Waals surface area contributed by atoms with Gasteiger partial charge in [0.15, 0.2) is 5.96 Å². The van der Waals surface area contributed by atoms with Crippen LogP contribution in [-0.4, -0.2) is 25.6 Å². The van der Waals surface area contributed by atoms with Gasteiger partial charge in [-0.3, -0.25) is 4.99 Å². The van der Waals surface area contributed by atoms with E-state index in [9.17, 15) is 0 Å². The highest BCUT2D eigenvalue weighted by Crippen LogP contribution is 2.17. The van der Waals surface area contributed by atoms with Gasteiger partial charge in [-0.15, -0.1) is 0 Å². The van der Waals surface area contributed by atoms with Crippen molar-refractivity contribution in [3.05, 3.63) is 60.2 Å². The van der Waals surface area contributed by atoms with Crippen molar-refractivity contribution < 1.29 is 4.74 Å². The topological polar surface area (TPSA) is 71.7 Å². The number of guanidine groups is 1. The highest BCUT2D eigenvalue weighted by atomic mass is 16.5. The first kappa shape index (κ1) is 20.8. The van der Waals surface area contributed by atoms with Gasteiger partial charge in [-0.1, -0.05) is 44.2 Å². The zero-order valence-electron chi connectivity index (χ0n) is 16.4. The Morgan fingerprint density at radius 3 is 2.48 bits per heavy atom. The molecule has 0 heterocycles. The molecule has 0 bridgehead atoms. The standard InChI is InChI=1S/C22H32N4O/c1-18(2)13-16-25-22(24-15-6-14-23)26-20-9-11-21(12-10-20)27-17-19-7-4-3-5-8-19/h3-5,7-12,18H,6,13-17,23H2,1-2H3,(H2,24,25,26). The maximum atomic E-state index is 5.84. The first-order chi connectivity index (χ1) is 13.2. The Morgan fingerprint density at radius 1 is 1.07 bits per heavy atom. The third-order valence-electron chi connectivity index (χ3n) is 4.01. The number of anilines is 1. The largest absolute Gasteiger partial charge is 0.489 e. The minimum Gasteiger partial charge on any atom is -0.489 e. The lowest BCUT2D eigenvalue weighted by Crippen LogP contribution is -2.32. The molecule has 0 unspecified atom stereocenters. The summed E-state index contributed by atoms with van der Waals surface area (Å²) in [6.07, 6.45) is 1.98. The summed E-state index contributed by atoms with van der Waals surface area (Å²) in [7, 11) is 0.